The van der Waals surface area contributed by atoms with E-state index < -0.39 is 11.4 Å². The molecule has 0 aliphatic carbocycles. The van der Waals surface area contributed by atoms with Gasteiger partial charge in [0.1, 0.15) is 22.4 Å². The van der Waals surface area contributed by atoms with Crippen molar-refractivity contribution < 1.29 is 9.18 Å². The number of nitrogens with one attached hydrogen (secondary N) is 2. The van der Waals surface area contributed by atoms with Crippen LogP contribution < -0.4 is 15.8 Å². The number of amides is 1. The van der Waals surface area contributed by atoms with Gasteiger partial charge in [0.15, 0.2) is 5.82 Å². The van der Waals surface area contributed by atoms with Gasteiger partial charge in [0.2, 0.25) is 0 Å². The number of rotatable bonds is 4. The molecule has 0 radical (unpaired) electrons. The number of anilines is 1. The summed E-state index contributed by atoms with van der Waals surface area (Å²) >= 11 is 0. The summed E-state index contributed by atoms with van der Waals surface area (Å²) in [6.07, 6.45) is 1.70. The fraction of sp³-hybridized carbons (Fsp3) is 0.333. The largest absolute Gasteiger partial charge is 0.368 e. The molecular formula is C24H25FN6O2. The topological polar surface area (TPSA) is 94.2 Å². The standard InChI is InChI=1S/C24H25FN6O2/c1-4-5-16-12-17(20(25)22-21(16)28-15(2)23(32)29-22)14-30-8-10-31(11-9-30)18-6-7-19(27-13-18)24(33)26-3/h6-7,12-13H,8-11,14H2,1-3H3,(H,26,33)(H,29,32). The van der Waals surface area contributed by atoms with E-state index >= 15 is 4.39 Å². The van der Waals surface area contributed by atoms with Crippen LogP contribution in [0.5, 0.6) is 0 Å². The van der Waals surface area contributed by atoms with E-state index in [0.717, 1.165) is 31.9 Å². The Hall–Kier alpha value is -3.77. The molecule has 0 atom stereocenters. The number of aryl methyl sites for hydroxylation is 1. The zero-order valence-corrected chi connectivity index (χ0v) is 18.8. The van der Waals surface area contributed by atoms with E-state index in [9.17, 15) is 9.59 Å². The van der Waals surface area contributed by atoms with Crippen LogP contribution in [0.2, 0.25) is 0 Å². The number of pyridine rings is 1. The Morgan fingerprint density at radius 1 is 1.27 bits per heavy atom. The molecular weight excluding hydrogens is 423 g/mol. The molecule has 2 N–H and O–H groups in total. The summed E-state index contributed by atoms with van der Waals surface area (Å²) in [7, 11) is 1.57. The Kier molecular flexibility index (Phi) is 6.38. The van der Waals surface area contributed by atoms with Crippen LogP contribution in [0, 0.1) is 24.6 Å². The van der Waals surface area contributed by atoms with Gasteiger partial charge in [-0.2, -0.15) is 0 Å². The molecule has 170 valence electrons. The normalized spacial score (nSPS) is 14.1. The summed E-state index contributed by atoms with van der Waals surface area (Å²) in [5, 5.41) is 2.56. The maximum Gasteiger partial charge on any atom is 0.269 e. The lowest BCUT2D eigenvalue weighted by atomic mass is 10.1. The number of H-pyrrole nitrogens is 1. The fourth-order valence-electron chi connectivity index (χ4n) is 3.94. The van der Waals surface area contributed by atoms with Gasteiger partial charge in [-0.25, -0.2) is 14.4 Å². The molecule has 2 aromatic heterocycles. The molecule has 1 amide bonds. The van der Waals surface area contributed by atoms with Gasteiger partial charge < -0.3 is 15.2 Å². The van der Waals surface area contributed by atoms with Crippen LogP contribution in [0.25, 0.3) is 11.0 Å². The first-order valence-electron chi connectivity index (χ1n) is 10.7. The zero-order valence-electron chi connectivity index (χ0n) is 18.8. The Labute approximate surface area is 190 Å². The van der Waals surface area contributed by atoms with E-state index in [-0.39, 0.29) is 17.1 Å². The van der Waals surface area contributed by atoms with E-state index in [1.807, 2.05) is 6.07 Å². The lowest BCUT2D eigenvalue weighted by molar-refractivity contribution is 0.0958. The minimum Gasteiger partial charge on any atom is -0.368 e. The summed E-state index contributed by atoms with van der Waals surface area (Å²) in [6, 6.07) is 5.32. The summed E-state index contributed by atoms with van der Waals surface area (Å²) in [5.41, 5.74) is 2.75. The number of aromatic amines is 1. The number of carbonyl (C=O) groups is 1. The number of aromatic nitrogens is 3. The minimum atomic E-state index is -0.465. The molecule has 1 aliphatic heterocycles. The average Bonchev–Trinajstić information content (AvgIpc) is 2.83. The Morgan fingerprint density at radius 3 is 2.67 bits per heavy atom. The van der Waals surface area contributed by atoms with Gasteiger partial charge in [0.05, 0.1) is 17.4 Å². The number of hydrogen-bond donors (Lipinski definition) is 2. The average molecular weight is 449 g/mol. The van der Waals surface area contributed by atoms with Gasteiger partial charge >= 0.3 is 0 Å². The number of fused-ring (bicyclic) bond motifs is 1. The van der Waals surface area contributed by atoms with E-state index in [1.165, 1.54) is 0 Å². The number of nitrogens with zero attached hydrogens (tertiary/aromatic N) is 4. The molecule has 0 saturated carbocycles. The number of benzene rings is 1. The first-order chi connectivity index (χ1) is 15.9. The molecule has 4 rings (SSSR count). The number of halogens is 1. The predicted molar refractivity (Wildman–Crippen MR) is 125 cm³/mol. The van der Waals surface area contributed by atoms with Crippen molar-refractivity contribution in [2.45, 2.75) is 20.4 Å². The minimum absolute atomic E-state index is 0.0989. The Morgan fingerprint density at radius 2 is 2.03 bits per heavy atom. The second kappa shape index (κ2) is 9.38. The maximum atomic E-state index is 15.3. The smallest absolute Gasteiger partial charge is 0.269 e. The molecule has 1 fully saturated rings. The highest BCUT2D eigenvalue weighted by Gasteiger charge is 2.21. The van der Waals surface area contributed by atoms with Gasteiger partial charge in [0, 0.05) is 45.3 Å². The van der Waals surface area contributed by atoms with Crippen molar-refractivity contribution in [2.75, 3.05) is 38.1 Å². The fourth-order valence-corrected chi connectivity index (χ4v) is 3.94. The van der Waals surface area contributed by atoms with Gasteiger partial charge in [-0.1, -0.05) is 5.92 Å². The second-order valence-electron chi connectivity index (χ2n) is 7.89. The molecule has 0 bridgehead atoms. The van der Waals surface area contributed by atoms with Crippen LogP contribution in [-0.2, 0) is 6.54 Å². The number of carbonyl (C=O) groups excluding carboxylic acids is 1. The lowest BCUT2D eigenvalue weighted by Crippen LogP contribution is -2.46. The second-order valence-corrected chi connectivity index (χ2v) is 7.89. The van der Waals surface area contributed by atoms with Crippen LogP contribution in [0.1, 0.15) is 34.2 Å². The molecule has 0 unspecified atom stereocenters. The summed E-state index contributed by atoms with van der Waals surface area (Å²) in [4.78, 5) is 39.2. The monoisotopic (exact) mass is 448 g/mol. The highest BCUT2D eigenvalue weighted by atomic mass is 19.1. The van der Waals surface area contributed by atoms with Crippen molar-refractivity contribution in [3.63, 3.8) is 0 Å². The third-order valence-corrected chi connectivity index (χ3v) is 5.76. The van der Waals surface area contributed by atoms with E-state index in [0.29, 0.717) is 28.9 Å². The molecule has 1 aromatic carbocycles. The Bertz CT molecular complexity index is 1320. The predicted octanol–water partition coefficient (Wildman–Crippen LogP) is 1.82. The summed E-state index contributed by atoms with van der Waals surface area (Å²) < 4.78 is 15.3. The molecule has 0 spiro atoms. The summed E-state index contributed by atoms with van der Waals surface area (Å²) in [6.45, 7) is 6.65. The summed E-state index contributed by atoms with van der Waals surface area (Å²) in [5.74, 6) is 5.14. The van der Waals surface area contributed by atoms with Crippen LogP contribution >= 0.6 is 0 Å². The zero-order chi connectivity index (χ0) is 23.5. The van der Waals surface area contributed by atoms with E-state index in [2.05, 4.69) is 41.9 Å². The van der Waals surface area contributed by atoms with Crippen molar-refractivity contribution in [2.24, 2.45) is 0 Å². The van der Waals surface area contributed by atoms with Gasteiger partial charge in [-0.05, 0) is 32.0 Å². The highest BCUT2D eigenvalue weighted by molar-refractivity contribution is 5.92. The van der Waals surface area contributed by atoms with E-state index in [1.54, 1.807) is 39.2 Å². The molecule has 1 saturated heterocycles. The van der Waals surface area contributed by atoms with Crippen molar-refractivity contribution in [3.05, 3.63) is 63.1 Å². The molecule has 3 heterocycles. The van der Waals surface area contributed by atoms with E-state index in [4.69, 9.17) is 0 Å². The van der Waals surface area contributed by atoms with Crippen LogP contribution in [0.15, 0.2) is 29.2 Å². The SMILES string of the molecule is CC#Cc1cc(CN2CCN(c3ccc(C(=O)NC)nc3)CC2)c(F)c2[nH]c(=O)c(C)nc12. The van der Waals surface area contributed by atoms with Crippen molar-refractivity contribution in [1.82, 2.24) is 25.2 Å². The molecule has 9 heteroatoms. The molecule has 3 aromatic rings. The lowest BCUT2D eigenvalue weighted by Gasteiger charge is -2.36. The van der Waals surface area contributed by atoms with Crippen molar-refractivity contribution in [3.8, 4) is 11.8 Å². The van der Waals surface area contributed by atoms with Gasteiger partial charge in [-0.3, -0.25) is 14.5 Å². The quantitative estimate of drug-likeness (QED) is 0.592. The van der Waals surface area contributed by atoms with Crippen molar-refractivity contribution >= 4 is 22.6 Å². The third-order valence-electron chi connectivity index (χ3n) is 5.76. The van der Waals surface area contributed by atoms with Crippen LogP contribution in [-0.4, -0.2) is 59.0 Å². The number of piperazine rings is 1. The maximum absolute atomic E-state index is 15.3. The first-order valence-corrected chi connectivity index (χ1v) is 10.7. The first kappa shape index (κ1) is 22.4. The van der Waals surface area contributed by atoms with Gasteiger partial charge in [0.25, 0.3) is 11.5 Å². The molecule has 1 aliphatic rings. The van der Waals surface area contributed by atoms with Crippen molar-refractivity contribution in [1.29, 1.82) is 0 Å². The third kappa shape index (κ3) is 4.56. The highest BCUT2D eigenvalue weighted by Crippen LogP contribution is 2.24. The van der Waals surface area contributed by atoms with Gasteiger partial charge in [-0.15, -0.1) is 5.92 Å². The van der Waals surface area contributed by atoms with Crippen LogP contribution in [0.4, 0.5) is 10.1 Å². The van der Waals surface area contributed by atoms with Crippen LogP contribution in [0.3, 0.4) is 0 Å². The Balaban J connectivity index is 1.51. The molecule has 33 heavy (non-hydrogen) atoms. The molecule has 8 nitrogen and oxygen atoms in total. The number of hydrogen-bond acceptors (Lipinski definition) is 6.